The Morgan fingerprint density at radius 1 is 0.378 bits per heavy atom. The molecule has 222 valence electrons. The van der Waals surface area contributed by atoms with Gasteiger partial charge in [-0.2, -0.15) is 0 Å². The van der Waals surface area contributed by atoms with E-state index in [-0.39, 0.29) is 0 Å². The fourth-order valence-electron chi connectivity index (χ4n) is 5.57. The Morgan fingerprint density at radius 2 is 0.711 bits per heavy atom. The molecule has 0 aliphatic carbocycles. The molecule has 0 fully saturated rings. The second-order valence-electron chi connectivity index (χ2n) is 11.0. The molecule has 0 radical (unpaired) electrons. The van der Waals surface area contributed by atoms with Crippen molar-refractivity contribution in [2.24, 2.45) is 0 Å². The van der Waals surface area contributed by atoms with Gasteiger partial charge in [0.1, 0.15) is 11.2 Å². The van der Waals surface area contributed by atoms with Crippen LogP contribution in [-0.4, -0.2) is 4.98 Å². The molecular weight excluding hydrogens is 579 g/mol. The van der Waals surface area contributed by atoms with Gasteiger partial charge in [-0.25, -0.2) is 0 Å². The van der Waals surface area contributed by atoms with Crippen molar-refractivity contribution in [2.45, 2.75) is 0 Å². The van der Waals surface area contributed by atoms with Crippen molar-refractivity contribution in [3.8, 4) is 0 Å². The number of rotatable bonds is 0. The third kappa shape index (κ3) is 5.32. The highest BCUT2D eigenvalue weighted by molar-refractivity contribution is 7.25. The van der Waals surface area contributed by atoms with E-state index in [2.05, 4.69) is 17.1 Å². The summed E-state index contributed by atoms with van der Waals surface area (Å²) in [6, 6.07) is 35.1. The Morgan fingerprint density at radius 3 is 1.13 bits per heavy atom. The van der Waals surface area contributed by atoms with Gasteiger partial charge in [0.2, 0.25) is 0 Å². The van der Waals surface area contributed by atoms with Crippen LogP contribution in [0, 0.1) is 0 Å². The van der Waals surface area contributed by atoms with Crippen molar-refractivity contribution < 1.29 is 4.42 Å². The number of aromatic nitrogens is 1. The van der Waals surface area contributed by atoms with Gasteiger partial charge in [-0.15, -0.1) is 11.3 Å². The van der Waals surface area contributed by atoms with Crippen LogP contribution in [0.4, 0.5) is 34.1 Å². The quantitative estimate of drug-likeness (QED) is 0.0840. The molecule has 0 unspecified atom stereocenters. The summed E-state index contributed by atoms with van der Waals surface area (Å²) in [4.78, 5) is 3.30. The van der Waals surface area contributed by atoms with Crippen molar-refractivity contribution in [1.82, 2.24) is 4.98 Å². The molecule has 0 spiro atoms. The van der Waals surface area contributed by atoms with Crippen molar-refractivity contribution in [3.05, 3.63) is 109 Å². The number of H-pyrrole nitrogens is 1. The van der Waals surface area contributed by atoms with E-state index in [0.717, 1.165) is 55.7 Å². The lowest BCUT2D eigenvalue weighted by atomic mass is 10.1. The minimum atomic E-state index is 0.703. The largest absolute Gasteiger partial charge is 0.456 e. The second-order valence-corrected chi connectivity index (χ2v) is 12.0. The van der Waals surface area contributed by atoms with Gasteiger partial charge in [0.05, 0.1) is 0 Å². The molecule has 45 heavy (non-hydrogen) atoms. The monoisotopic (exact) mass is 609 g/mol. The van der Waals surface area contributed by atoms with Crippen molar-refractivity contribution in [1.29, 1.82) is 0 Å². The Labute approximate surface area is 261 Å². The molecule has 0 bridgehead atoms. The van der Waals surface area contributed by atoms with E-state index in [4.69, 9.17) is 38.8 Å². The van der Waals surface area contributed by atoms with E-state index in [1.54, 1.807) is 11.3 Å². The van der Waals surface area contributed by atoms with Gasteiger partial charge in [-0.3, -0.25) is 0 Å². The van der Waals surface area contributed by atoms with E-state index in [0.29, 0.717) is 11.4 Å². The summed E-state index contributed by atoms with van der Waals surface area (Å²) in [7, 11) is 0. The molecule has 3 heterocycles. The predicted molar refractivity (Wildman–Crippen MR) is 195 cm³/mol. The maximum Gasteiger partial charge on any atom is 0.137 e. The Balaban J connectivity index is 0.000000108. The molecule has 8 nitrogen and oxygen atoms in total. The molecule has 9 heteroatoms. The van der Waals surface area contributed by atoms with Gasteiger partial charge in [0, 0.05) is 99.0 Å². The van der Waals surface area contributed by atoms with Crippen LogP contribution in [0.15, 0.2) is 114 Å². The average Bonchev–Trinajstić information content (AvgIpc) is 3.66. The number of fused-ring (bicyclic) bond motifs is 9. The second kappa shape index (κ2) is 10.9. The number of aromatic amines is 1. The molecule has 0 aliphatic heterocycles. The minimum Gasteiger partial charge on any atom is -0.456 e. The summed E-state index contributed by atoms with van der Waals surface area (Å²) >= 11 is 1.73. The number of benzene rings is 6. The predicted octanol–water partition coefficient (Wildman–Crippen LogP) is 8.45. The molecule has 9 rings (SSSR count). The molecule has 0 atom stereocenters. The summed E-state index contributed by atoms with van der Waals surface area (Å²) < 4.78 is 8.09. The van der Waals surface area contributed by atoms with Gasteiger partial charge in [-0.05, 0) is 72.8 Å². The highest BCUT2D eigenvalue weighted by Crippen LogP contribution is 2.36. The lowest BCUT2D eigenvalue weighted by Gasteiger charge is -1.94. The third-order valence-corrected chi connectivity index (χ3v) is 8.80. The number of nitrogen functional groups attached to an aromatic ring is 6. The zero-order valence-electron chi connectivity index (χ0n) is 24.2. The van der Waals surface area contributed by atoms with E-state index < -0.39 is 0 Å². The molecule has 13 N–H and O–H groups in total. The summed E-state index contributed by atoms with van der Waals surface area (Å²) in [5, 5.41) is 7.00. The summed E-state index contributed by atoms with van der Waals surface area (Å²) in [6.45, 7) is 0. The van der Waals surface area contributed by atoms with Crippen molar-refractivity contribution >= 4 is 109 Å². The number of hydrogen-bond acceptors (Lipinski definition) is 8. The highest BCUT2D eigenvalue weighted by atomic mass is 32.1. The maximum atomic E-state index is 5.76. The first kappa shape index (κ1) is 27.8. The SMILES string of the molecule is Nc1ccc2c(c1)[nH]c1cc(N)ccc12.Nc1ccc2c(c1)oc1cc(N)ccc12.Nc1ccc2c(c1)sc1cc(N)ccc12. The molecule has 0 saturated heterocycles. The number of thiophene rings is 1. The molecule has 6 aromatic carbocycles. The van der Waals surface area contributed by atoms with Gasteiger partial charge in [-0.1, -0.05) is 24.3 Å². The maximum absolute atomic E-state index is 5.76. The lowest BCUT2D eigenvalue weighted by molar-refractivity contribution is 0.669. The Bertz CT molecular complexity index is 2080. The normalized spacial score (nSPS) is 11.2. The standard InChI is InChI=1S/C12H11N3.C12H10N2O.C12H10N2S/c3*13-7-1-3-9-10-4-2-8(14)6-12(10)15-11(9)5-7/h1-6,15H,13-14H2;2*1-6H,13-14H2. The first-order valence-electron chi connectivity index (χ1n) is 14.2. The summed E-state index contributed by atoms with van der Waals surface area (Å²) in [6.07, 6.45) is 0. The molecule has 3 aromatic heterocycles. The molecule has 0 saturated carbocycles. The van der Waals surface area contributed by atoms with Crippen molar-refractivity contribution in [2.75, 3.05) is 34.4 Å². The number of nitrogens with one attached hydrogen (secondary N) is 1. The van der Waals surface area contributed by atoms with E-state index >= 15 is 0 Å². The number of furan rings is 1. The topological polar surface area (TPSA) is 185 Å². The summed E-state index contributed by atoms with van der Waals surface area (Å²) in [5.74, 6) is 0. The van der Waals surface area contributed by atoms with Crippen LogP contribution >= 0.6 is 11.3 Å². The van der Waals surface area contributed by atoms with Gasteiger partial charge >= 0.3 is 0 Å². The van der Waals surface area contributed by atoms with Crippen LogP contribution in [0.3, 0.4) is 0 Å². The van der Waals surface area contributed by atoms with Gasteiger partial charge in [0.15, 0.2) is 0 Å². The fraction of sp³-hybridized carbons (Fsp3) is 0. The van der Waals surface area contributed by atoms with E-state index in [9.17, 15) is 0 Å². The van der Waals surface area contributed by atoms with Crippen LogP contribution in [0.5, 0.6) is 0 Å². The molecule has 0 aliphatic rings. The first-order chi connectivity index (χ1) is 21.7. The van der Waals surface area contributed by atoms with Gasteiger partial charge < -0.3 is 43.8 Å². The van der Waals surface area contributed by atoms with E-state index in [1.165, 1.54) is 30.9 Å². The minimum absolute atomic E-state index is 0.703. The zero-order chi connectivity index (χ0) is 31.2. The van der Waals surface area contributed by atoms with Crippen molar-refractivity contribution in [3.63, 3.8) is 0 Å². The Kier molecular flexibility index (Phi) is 6.72. The zero-order valence-corrected chi connectivity index (χ0v) is 25.0. The summed E-state index contributed by atoms with van der Waals surface area (Å²) in [5.41, 5.74) is 42.6. The number of nitrogens with two attached hydrogens (primary N) is 6. The molecular formula is C36H31N7OS. The molecule has 0 amide bonds. The van der Waals surface area contributed by atoms with E-state index in [1.807, 2.05) is 97.1 Å². The van der Waals surface area contributed by atoms with Crippen LogP contribution in [0.25, 0.3) is 63.9 Å². The lowest BCUT2D eigenvalue weighted by Crippen LogP contribution is -1.82. The third-order valence-electron chi connectivity index (χ3n) is 7.69. The highest BCUT2D eigenvalue weighted by Gasteiger charge is 2.07. The first-order valence-corrected chi connectivity index (χ1v) is 15.0. The number of hydrogen-bond donors (Lipinski definition) is 7. The smallest absolute Gasteiger partial charge is 0.137 e. The van der Waals surface area contributed by atoms with Crippen LogP contribution in [0.2, 0.25) is 0 Å². The fourth-order valence-corrected chi connectivity index (χ4v) is 6.77. The van der Waals surface area contributed by atoms with Gasteiger partial charge in [0.25, 0.3) is 0 Å². The van der Waals surface area contributed by atoms with Crippen LogP contribution in [-0.2, 0) is 0 Å². The van der Waals surface area contributed by atoms with Crippen LogP contribution < -0.4 is 34.4 Å². The van der Waals surface area contributed by atoms with Crippen LogP contribution in [0.1, 0.15) is 0 Å². The number of anilines is 6. The molecule has 9 aromatic rings. The average molecular weight is 610 g/mol. The Hall–Kier alpha value is -6.06.